The molecule has 0 atom stereocenters. The minimum atomic E-state index is -0.745. The fourth-order valence-corrected chi connectivity index (χ4v) is 2.20. The van der Waals surface area contributed by atoms with Crippen molar-refractivity contribution in [1.29, 1.82) is 0 Å². The van der Waals surface area contributed by atoms with Crippen LogP contribution in [0.3, 0.4) is 0 Å². The molecule has 1 heterocycles. The van der Waals surface area contributed by atoms with Crippen LogP contribution in [0, 0.1) is 0 Å². The van der Waals surface area contributed by atoms with Crippen molar-refractivity contribution in [2.24, 2.45) is 5.73 Å². The van der Waals surface area contributed by atoms with Gasteiger partial charge in [-0.15, -0.1) is 0 Å². The molecule has 0 bridgehead atoms. The number of hydrogen-bond donors (Lipinski definition) is 2. The van der Waals surface area contributed by atoms with Gasteiger partial charge in [0.15, 0.2) is 5.78 Å². The molecule has 0 radical (unpaired) electrons. The third-order valence-electron chi connectivity index (χ3n) is 3.62. The number of methoxy groups -OCH3 is 1. The van der Waals surface area contributed by atoms with E-state index in [2.05, 4.69) is 10.5 Å². The highest BCUT2D eigenvalue weighted by molar-refractivity contribution is 6.12. The van der Waals surface area contributed by atoms with Crippen LogP contribution < -0.4 is 11.5 Å². The van der Waals surface area contributed by atoms with Gasteiger partial charge in [0, 0.05) is 36.4 Å². The number of hydrogen-bond acceptors (Lipinski definition) is 6. The van der Waals surface area contributed by atoms with Crippen LogP contribution in [0.1, 0.15) is 36.0 Å². The molecule has 0 spiro atoms. The number of ether oxygens (including phenoxy) is 1. The second-order valence-corrected chi connectivity index (χ2v) is 5.54. The maximum absolute atomic E-state index is 11.9. The van der Waals surface area contributed by atoms with Crippen molar-refractivity contribution in [3.05, 3.63) is 42.0 Å². The molecular formula is C18H23N3O5. The molecule has 1 aliphatic heterocycles. The second kappa shape index (κ2) is 10.7. The van der Waals surface area contributed by atoms with Crippen LogP contribution in [-0.4, -0.2) is 42.2 Å². The number of amides is 3. The summed E-state index contributed by atoms with van der Waals surface area (Å²) in [4.78, 5) is 45.1. The summed E-state index contributed by atoms with van der Waals surface area (Å²) in [5, 5.41) is 0. The average molecular weight is 361 g/mol. The predicted octanol–water partition coefficient (Wildman–Crippen LogP) is 1.65. The van der Waals surface area contributed by atoms with Gasteiger partial charge >= 0.3 is 6.09 Å². The highest BCUT2D eigenvalue weighted by Crippen LogP contribution is 2.12. The van der Waals surface area contributed by atoms with Crippen molar-refractivity contribution in [3.63, 3.8) is 0 Å². The Morgan fingerprint density at radius 3 is 2.04 bits per heavy atom. The summed E-state index contributed by atoms with van der Waals surface area (Å²) in [7, 11) is 1.22. The highest BCUT2D eigenvalue weighted by Gasteiger charge is 2.22. The highest BCUT2D eigenvalue weighted by atomic mass is 16.5. The Kier molecular flexibility index (Phi) is 8.56. The van der Waals surface area contributed by atoms with E-state index in [0.717, 1.165) is 12.8 Å². The summed E-state index contributed by atoms with van der Waals surface area (Å²) >= 11 is 0. The molecule has 8 heteroatoms. The molecule has 8 nitrogen and oxygen atoms in total. The fraction of sp³-hybridized carbons (Fsp3) is 0.333. The number of primary amides is 1. The van der Waals surface area contributed by atoms with Crippen LogP contribution in [0.25, 0.3) is 0 Å². The molecule has 1 aliphatic rings. The first-order chi connectivity index (χ1) is 12.3. The number of carbonyl (C=O) groups excluding carboxylic acids is 4. The number of imide groups is 1. The van der Waals surface area contributed by atoms with Crippen LogP contribution in [0.15, 0.2) is 36.4 Å². The predicted molar refractivity (Wildman–Crippen MR) is 96.1 cm³/mol. The van der Waals surface area contributed by atoms with Crippen LogP contribution in [-0.2, 0) is 14.3 Å². The third kappa shape index (κ3) is 7.16. The van der Waals surface area contributed by atoms with E-state index in [1.807, 2.05) is 0 Å². The first-order valence-corrected chi connectivity index (χ1v) is 8.11. The SMILES string of the molecule is COC(N)=O.Nc1ccc(C(=O)CCCCCN2C(=O)C=CC2=O)cc1. The molecule has 0 unspecified atom stereocenters. The smallest absolute Gasteiger partial charge is 0.404 e. The van der Waals surface area contributed by atoms with Gasteiger partial charge in [0.1, 0.15) is 0 Å². The van der Waals surface area contributed by atoms with E-state index in [0.29, 0.717) is 30.6 Å². The van der Waals surface area contributed by atoms with Gasteiger partial charge in [0.2, 0.25) is 0 Å². The van der Waals surface area contributed by atoms with Crippen molar-refractivity contribution < 1.29 is 23.9 Å². The van der Waals surface area contributed by atoms with E-state index in [-0.39, 0.29) is 17.6 Å². The Bertz CT molecular complexity index is 665. The van der Waals surface area contributed by atoms with Crippen molar-refractivity contribution in [3.8, 4) is 0 Å². The van der Waals surface area contributed by atoms with E-state index in [1.165, 1.54) is 24.2 Å². The summed E-state index contributed by atoms with van der Waals surface area (Å²) in [6, 6.07) is 6.88. The van der Waals surface area contributed by atoms with Gasteiger partial charge in [-0.05, 0) is 37.1 Å². The number of nitrogens with two attached hydrogens (primary N) is 2. The van der Waals surface area contributed by atoms with Gasteiger partial charge in [0.05, 0.1) is 7.11 Å². The first kappa shape index (κ1) is 20.9. The monoisotopic (exact) mass is 361 g/mol. The summed E-state index contributed by atoms with van der Waals surface area (Å²) < 4.78 is 3.89. The summed E-state index contributed by atoms with van der Waals surface area (Å²) in [6.07, 6.45) is 4.55. The molecule has 140 valence electrons. The molecule has 0 fully saturated rings. The zero-order valence-corrected chi connectivity index (χ0v) is 14.6. The average Bonchev–Trinajstić information content (AvgIpc) is 2.94. The van der Waals surface area contributed by atoms with E-state index in [9.17, 15) is 19.2 Å². The molecule has 4 N–H and O–H groups in total. The number of ketones is 1. The number of anilines is 1. The lowest BCUT2D eigenvalue weighted by Crippen LogP contribution is -2.30. The molecule has 1 aromatic rings. The Balaban J connectivity index is 0.000000597. The fourth-order valence-electron chi connectivity index (χ4n) is 2.20. The lowest BCUT2D eigenvalue weighted by molar-refractivity contribution is -0.136. The Morgan fingerprint density at radius 2 is 1.54 bits per heavy atom. The van der Waals surface area contributed by atoms with Crippen LogP contribution in [0.2, 0.25) is 0 Å². The number of unbranched alkanes of at least 4 members (excludes halogenated alkanes) is 2. The third-order valence-corrected chi connectivity index (χ3v) is 3.62. The minimum Gasteiger partial charge on any atom is -0.453 e. The van der Waals surface area contributed by atoms with Gasteiger partial charge in [-0.25, -0.2) is 4.79 Å². The summed E-state index contributed by atoms with van der Waals surface area (Å²) in [5.41, 5.74) is 11.3. The number of carbonyl (C=O) groups is 4. The summed E-state index contributed by atoms with van der Waals surface area (Å²) in [5.74, 6) is -0.416. The van der Waals surface area contributed by atoms with Crippen LogP contribution in [0.4, 0.5) is 10.5 Å². The number of nitrogens with zero attached hydrogens (tertiary/aromatic N) is 1. The normalized spacial score (nSPS) is 12.6. The van der Waals surface area contributed by atoms with Crippen molar-refractivity contribution in [2.45, 2.75) is 25.7 Å². The lowest BCUT2D eigenvalue weighted by atomic mass is 10.0. The molecule has 0 saturated heterocycles. The van der Waals surface area contributed by atoms with Crippen molar-refractivity contribution >= 4 is 29.4 Å². The van der Waals surface area contributed by atoms with E-state index >= 15 is 0 Å². The van der Waals surface area contributed by atoms with Crippen molar-refractivity contribution in [1.82, 2.24) is 4.90 Å². The van der Waals surface area contributed by atoms with E-state index < -0.39 is 6.09 Å². The van der Waals surface area contributed by atoms with Gasteiger partial charge in [-0.1, -0.05) is 6.42 Å². The van der Waals surface area contributed by atoms with Gasteiger partial charge < -0.3 is 16.2 Å². The Morgan fingerprint density at radius 1 is 1.00 bits per heavy atom. The molecule has 0 saturated carbocycles. The van der Waals surface area contributed by atoms with E-state index in [1.54, 1.807) is 24.3 Å². The summed E-state index contributed by atoms with van der Waals surface area (Å²) in [6.45, 7) is 0.417. The maximum Gasteiger partial charge on any atom is 0.404 e. The molecule has 26 heavy (non-hydrogen) atoms. The number of Topliss-reactive ketones (excluding diaryl/α,β-unsaturated/α-hetero) is 1. The van der Waals surface area contributed by atoms with Gasteiger partial charge in [-0.3, -0.25) is 19.3 Å². The number of rotatable bonds is 7. The van der Waals surface area contributed by atoms with Gasteiger partial charge in [0.25, 0.3) is 11.8 Å². The Hall–Kier alpha value is -3.16. The molecule has 1 aromatic carbocycles. The molecule has 3 amide bonds. The quantitative estimate of drug-likeness (QED) is 0.328. The lowest BCUT2D eigenvalue weighted by Gasteiger charge is -2.12. The van der Waals surface area contributed by atoms with Crippen LogP contribution >= 0.6 is 0 Å². The largest absolute Gasteiger partial charge is 0.453 e. The first-order valence-electron chi connectivity index (χ1n) is 8.11. The zero-order chi connectivity index (χ0) is 19.5. The van der Waals surface area contributed by atoms with Crippen molar-refractivity contribution in [2.75, 3.05) is 19.4 Å². The molecular weight excluding hydrogens is 338 g/mol. The number of nitrogen functional groups attached to an aromatic ring is 1. The van der Waals surface area contributed by atoms with E-state index in [4.69, 9.17) is 5.73 Å². The molecule has 0 aliphatic carbocycles. The topological polar surface area (TPSA) is 133 Å². The standard InChI is InChI=1S/C16H18N2O3.C2H5NO2/c17-13-7-5-12(6-8-13)14(19)4-2-1-3-11-18-15(20)9-10-16(18)21;1-5-2(3)4/h5-10H,1-4,11,17H2;1H3,(H2,3,4). The maximum atomic E-state index is 11.9. The zero-order valence-electron chi connectivity index (χ0n) is 14.6. The molecule has 2 rings (SSSR count). The molecule has 0 aromatic heterocycles. The van der Waals surface area contributed by atoms with Crippen LogP contribution in [0.5, 0.6) is 0 Å². The second-order valence-electron chi connectivity index (χ2n) is 5.54. The van der Waals surface area contributed by atoms with Gasteiger partial charge in [-0.2, -0.15) is 0 Å². The number of benzene rings is 1. The minimum absolute atomic E-state index is 0.0880. The Labute approximate surface area is 151 Å².